The van der Waals surface area contributed by atoms with E-state index in [4.69, 9.17) is 4.42 Å². The van der Waals surface area contributed by atoms with Crippen molar-refractivity contribution in [1.82, 2.24) is 14.6 Å². The number of fused-ring (bicyclic) bond motifs is 1. The summed E-state index contributed by atoms with van der Waals surface area (Å²) >= 11 is 0. The van der Waals surface area contributed by atoms with Gasteiger partial charge in [-0.2, -0.15) is 0 Å². The highest BCUT2D eigenvalue weighted by Gasteiger charge is 2.20. The molecule has 3 rings (SSSR count). The van der Waals surface area contributed by atoms with Crippen molar-refractivity contribution in [1.29, 1.82) is 0 Å². The van der Waals surface area contributed by atoms with E-state index >= 15 is 0 Å². The molecule has 0 bridgehead atoms. The Hall–Kier alpha value is -2.19. The summed E-state index contributed by atoms with van der Waals surface area (Å²) in [5, 5.41) is 7.41. The van der Waals surface area contributed by atoms with Crippen molar-refractivity contribution < 1.29 is 17.5 Å². The number of hydrogen-bond donors (Lipinski definition) is 0. The maximum Gasteiger partial charge on any atom is 0.218 e. The van der Waals surface area contributed by atoms with E-state index in [1.165, 1.54) is 4.31 Å². The topological polar surface area (TPSA) is 89.4 Å². The lowest BCUT2D eigenvalue weighted by Gasteiger charge is -2.16. The van der Waals surface area contributed by atoms with Crippen molar-refractivity contribution in [3.8, 4) is 0 Å². The molecule has 0 fully saturated rings. The number of benzene rings is 1. The third-order valence-corrected chi connectivity index (χ3v) is 5.28. The molecule has 0 aliphatic carbocycles. The van der Waals surface area contributed by atoms with Gasteiger partial charge in [-0.1, -0.05) is 6.07 Å². The van der Waals surface area contributed by atoms with Gasteiger partial charge in [0, 0.05) is 19.2 Å². The van der Waals surface area contributed by atoms with Gasteiger partial charge in [0.15, 0.2) is 0 Å². The summed E-state index contributed by atoms with van der Waals surface area (Å²) in [5.74, 6) is 0.612. The minimum atomic E-state index is -3.45. The lowest BCUT2D eigenvalue weighted by molar-refractivity contribution is 0.315. The second kappa shape index (κ2) is 5.54. The Labute approximate surface area is 127 Å². The number of rotatable bonds is 5. The number of furan rings is 1. The number of aromatic nitrogens is 2. The summed E-state index contributed by atoms with van der Waals surface area (Å²) < 4.78 is 36.0. The molecule has 0 amide bonds. The first-order chi connectivity index (χ1) is 10.5. The molecule has 3 aromatic rings. The molecule has 22 heavy (non-hydrogen) atoms. The lowest BCUT2D eigenvalue weighted by Crippen LogP contribution is -2.27. The van der Waals surface area contributed by atoms with Gasteiger partial charge >= 0.3 is 0 Å². The van der Waals surface area contributed by atoms with Crippen LogP contribution in [-0.4, -0.2) is 30.1 Å². The molecule has 2 heterocycles. The van der Waals surface area contributed by atoms with Crippen LogP contribution >= 0.6 is 0 Å². The van der Waals surface area contributed by atoms with E-state index in [0.29, 0.717) is 16.6 Å². The van der Waals surface area contributed by atoms with Crippen LogP contribution in [0.25, 0.3) is 11.0 Å². The Morgan fingerprint density at radius 1 is 1.18 bits per heavy atom. The average Bonchev–Trinajstić information content (AvgIpc) is 3.07. The normalized spacial score (nSPS) is 12.3. The van der Waals surface area contributed by atoms with E-state index in [1.54, 1.807) is 44.5 Å². The van der Waals surface area contributed by atoms with Gasteiger partial charge < -0.3 is 4.42 Å². The average molecular weight is 321 g/mol. The van der Waals surface area contributed by atoms with Crippen LogP contribution in [0.1, 0.15) is 16.9 Å². The molecule has 0 radical (unpaired) electrons. The largest absolute Gasteiger partial charge is 0.469 e. The van der Waals surface area contributed by atoms with Gasteiger partial charge in [-0.3, -0.25) is 0 Å². The van der Waals surface area contributed by atoms with Crippen molar-refractivity contribution in [2.45, 2.75) is 19.2 Å². The molecule has 0 unspecified atom stereocenters. The van der Waals surface area contributed by atoms with Crippen molar-refractivity contribution in [3.63, 3.8) is 0 Å². The highest BCUT2D eigenvalue weighted by Crippen LogP contribution is 2.18. The van der Waals surface area contributed by atoms with Crippen LogP contribution < -0.4 is 0 Å². The van der Waals surface area contributed by atoms with Gasteiger partial charge in [0.2, 0.25) is 10.0 Å². The molecule has 116 valence electrons. The van der Waals surface area contributed by atoms with Crippen LogP contribution in [0, 0.1) is 6.92 Å². The Bertz CT molecular complexity index is 898. The fourth-order valence-electron chi connectivity index (χ4n) is 2.15. The Morgan fingerprint density at radius 3 is 2.68 bits per heavy atom. The lowest BCUT2D eigenvalue weighted by atomic mass is 10.2. The Morgan fingerprint density at radius 2 is 1.95 bits per heavy atom. The molecule has 0 aliphatic rings. The Balaban J connectivity index is 1.78. The highest BCUT2D eigenvalue weighted by atomic mass is 32.2. The minimum Gasteiger partial charge on any atom is -0.469 e. The van der Waals surface area contributed by atoms with E-state index in [2.05, 4.69) is 14.9 Å². The van der Waals surface area contributed by atoms with E-state index in [-0.39, 0.29) is 12.3 Å². The summed E-state index contributed by atoms with van der Waals surface area (Å²) in [6.45, 7) is 2.08. The van der Waals surface area contributed by atoms with Crippen LogP contribution in [0.4, 0.5) is 0 Å². The van der Waals surface area contributed by atoms with E-state index in [1.807, 2.05) is 0 Å². The van der Waals surface area contributed by atoms with E-state index < -0.39 is 10.0 Å². The van der Waals surface area contributed by atoms with Gasteiger partial charge in [0.1, 0.15) is 16.8 Å². The zero-order chi connectivity index (χ0) is 15.7. The first-order valence-electron chi connectivity index (χ1n) is 6.64. The monoisotopic (exact) mass is 321 g/mol. The molecular weight excluding hydrogens is 306 g/mol. The summed E-state index contributed by atoms with van der Waals surface area (Å²) in [6, 6.07) is 6.84. The fourth-order valence-corrected chi connectivity index (χ4v) is 3.31. The molecule has 1 aromatic carbocycles. The smallest absolute Gasteiger partial charge is 0.218 e. The molecule has 0 aliphatic heterocycles. The summed E-state index contributed by atoms with van der Waals surface area (Å²) in [5.41, 5.74) is 2.63. The van der Waals surface area contributed by atoms with Crippen molar-refractivity contribution in [2.75, 3.05) is 7.05 Å². The summed E-state index contributed by atoms with van der Waals surface area (Å²) in [4.78, 5) is 0. The standard InChI is InChI=1S/C14H15N3O4S/c1-10-12(5-6-20-10)8-17(2)22(18,19)9-11-3-4-13-14(7-11)16-21-15-13/h3-7H,8-9H2,1-2H3. The van der Waals surface area contributed by atoms with Gasteiger partial charge in [-0.15, -0.1) is 0 Å². The van der Waals surface area contributed by atoms with Crippen molar-refractivity contribution in [3.05, 3.63) is 47.4 Å². The molecule has 0 saturated heterocycles. The number of hydrogen-bond acceptors (Lipinski definition) is 6. The minimum absolute atomic E-state index is 0.108. The fraction of sp³-hybridized carbons (Fsp3) is 0.286. The van der Waals surface area contributed by atoms with Gasteiger partial charge in [-0.25, -0.2) is 17.4 Å². The zero-order valence-corrected chi connectivity index (χ0v) is 13.0. The van der Waals surface area contributed by atoms with Crippen LogP contribution in [0.5, 0.6) is 0 Å². The number of aryl methyl sites for hydroxylation is 1. The number of sulfonamides is 1. The molecule has 8 heteroatoms. The maximum absolute atomic E-state index is 12.4. The van der Waals surface area contributed by atoms with Crippen LogP contribution in [0.2, 0.25) is 0 Å². The van der Waals surface area contributed by atoms with Crippen LogP contribution in [0.15, 0.2) is 39.6 Å². The van der Waals surface area contributed by atoms with Gasteiger partial charge in [0.05, 0.1) is 12.0 Å². The van der Waals surface area contributed by atoms with Crippen molar-refractivity contribution in [2.24, 2.45) is 0 Å². The zero-order valence-electron chi connectivity index (χ0n) is 12.2. The summed E-state index contributed by atoms with van der Waals surface area (Å²) in [7, 11) is -1.89. The molecule has 0 spiro atoms. The van der Waals surface area contributed by atoms with Crippen LogP contribution in [-0.2, 0) is 22.3 Å². The van der Waals surface area contributed by atoms with E-state index in [9.17, 15) is 8.42 Å². The molecule has 0 atom stereocenters. The maximum atomic E-state index is 12.4. The SMILES string of the molecule is Cc1occc1CN(C)S(=O)(=O)Cc1ccc2nonc2c1. The Kier molecular flexibility index (Phi) is 3.71. The predicted octanol–water partition coefficient (Wildman–Crippen LogP) is 2.09. The molecular formula is C14H15N3O4S. The second-order valence-corrected chi connectivity index (χ2v) is 7.18. The number of nitrogens with zero attached hydrogens (tertiary/aromatic N) is 3. The predicted molar refractivity (Wildman–Crippen MR) is 79.3 cm³/mol. The van der Waals surface area contributed by atoms with E-state index in [0.717, 1.165) is 11.3 Å². The third kappa shape index (κ3) is 2.88. The second-order valence-electron chi connectivity index (χ2n) is 5.10. The van der Waals surface area contributed by atoms with Crippen LogP contribution in [0.3, 0.4) is 0 Å². The molecule has 7 nitrogen and oxygen atoms in total. The molecule has 0 saturated carbocycles. The third-order valence-electron chi connectivity index (χ3n) is 3.50. The summed E-state index contributed by atoms with van der Waals surface area (Å²) in [6.07, 6.45) is 1.55. The first-order valence-corrected chi connectivity index (χ1v) is 8.25. The van der Waals surface area contributed by atoms with Crippen molar-refractivity contribution >= 4 is 21.1 Å². The highest BCUT2D eigenvalue weighted by molar-refractivity contribution is 7.88. The van der Waals surface area contributed by atoms with Gasteiger partial charge in [-0.05, 0) is 41.0 Å². The quantitative estimate of drug-likeness (QED) is 0.715. The molecule has 2 aromatic heterocycles. The van der Waals surface area contributed by atoms with Gasteiger partial charge in [0.25, 0.3) is 0 Å². The first kappa shape index (κ1) is 14.7. The molecule has 0 N–H and O–H groups in total.